The van der Waals surface area contributed by atoms with Gasteiger partial charge in [-0.05, 0) is 30.5 Å². The minimum Gasteiger partial charge on any atom is -0.345 e. The molecule has 1 N–H and O–H groups in total. The third-order valence-corrected chi connectivity index (χ3v) is 3.56. The molecule has 1 amide bonds. The zero-order valence-electron chi connectivity index (χ0n) is 10.9. The van der Waals surface area contributed by atoms with E-state index in [2.05, 4.69) is 16.4 Å². The quantitative estimate of drug-likeness (QED) is 0.913. The number of carbonyl (C=O) groups excluding carboxylic acids is 1. The lowest BCUT2D eigenvalue weighted by atomic mass is 10.0. The predicted octanol–water partition coefficient (Wildman–Crippen LogP) is 1.56. The van der Waals surface area contributed by atoms with E-state index in [9.17, 15) is 4.79 Å². The Hall–Kier alpha value is -2.61. The minimum atomic E-state index is -0.287. The number of nitrogens with one attached hydrogen (secondary N) is 1. The smallest absolute Gasteiger partial charge is 0.240 e. The van der Waals surface area contributed by atoms with E-state index in [1.165, 1.54) is 0 Å². The lowest BCUT2D eigenvalue weighted by Gasteiger charge is -2.18. The fourth-order valence-corrected chi connectivity index (χ4v) is 2.35. The molecule has 0 unspecified atom stereocenters. The highest BCUT2D eigenvalue weighted by atomic mass is 16.2. The van der Waals surface area contributed by atoms with Gasteiger partial charge in [-0.25, -0.2) is 4.98 Å². The Morgan fingerprint density at radius 2 is 2.35 bits per heavy atom. The maximum absolute atomic E-state index is 12.1. The van der Waals surface area contributed by atoms with Gasteiger partial charge in [0.15, 0.2) is 0 Å². The van der Waals surface area contributed by atoms with Gasteiger partial charge in [0.1, 0.15) is 6.54 Å². The number of nitrogens with zero attached hydrogens (tertiary/aromatic N) is 3. The first-order valence-electron chi connectivity index (χ1n) is 6.49. The number of hydrogen-bond donors (Lipinski definition) is 1. The van der Waals surface area contributed by atoms with Gasteiger partial charge in [-0.1, -0.05) is 12.1 Å². The molecule has 1 heterocycles. The molecular weight excluding hydrogens is 252 g/mol. The molecular formula is C15H14N4O. The topological polar surface area (TPSA) is 70.7 Å². The summed E-state index contributed by atoms with van der Waals surface area (Å²) in [6, 6.07) is 9.57. The summed E-state index contributed by atoms with van der Waals surface area (Å²) in [5.41, 5.74) is 1.35. The van der Waals surface area contributed by atoms with E-state index in [1.54, 1.807) is 29.4 Å². The SMILES string of the molecule is N#Cc1cccc(C2(NC(=O)Cn3ccnc3)CC2)c1. The van der Waals surface area contributed by atoms with Crippen molar-refractivity contribution in [2.75, 3.05) is 0 Å². The first-order valence-corrected chi connectivity index (χ1v) is 6.49. The molecule has 2 aromatic rings. The summed E-state index contributed by atoms with van der Waals surface area (Å²) >= 11 is 0. The van der Waals surface area contributed by atoms with E-state index in [0.29, 0.717) is 5.56 Å². The third kappa shape index (κ3) is 2.41. The summed E-state index contributed by atoms with van der Waals surface area (Å²) in [5.74, 6) is -0.0390. The van der Waals surface area contributed by atoms with Gasteiger partial charge < -0.3 is 9.88 Å². The summed E-state index contributed by atoms with van der Waals surface area (Å²) in [7, 11) is 0. The standard InChI is InChI=1S/C15H14N4O/c16-9-12-2-1-3-13(8-12)15(4-5-15)18-14(20)10-19-7-6-17-11-19/h1-3,6-8,11H,4-5,10H2,(H,18,20). The van der Waals surface area contributed by atoms with E-state index < -0.39 is 0 Å². The van der Waals surface area contributed by atoms with Gasteiger partial charge in [0.25, 0.3) is 0 Å². The Morgan fingerprint density at radius 3 is 3.00 bits per heavy atom. The summed E-state index contributed by atoms with van der Waals surface area (Å²) in [6.45, 7) is 0.264. The molecule has 1 aromatic carbocycles. The van der Waals surface area contributed by atoms with Crippen LogP contribution >= 0.6 is 0 Å². The first-order chi connectivity index (χ1) is 9.72. The number of benzene rings is 1. The van der Waals surface area contributed by atoms with Crippen LogP contribution in [0.1, 0.15) is 24.0 Å². The van der Waals surface area contributed by atoms with Crippen LogP contribution in [0.2, 0.25) is 0 Å². The van der Waals surface area contributed by atoms with Crippen LogP contribution in [0, 0.1) is 11.3 Å². The third-order valence-electron chi connectivity index (χ3n) is 3.56. The number of carbonyl (C=O) groups is 1. The van der Waals surface area contributed by atoms with E-state index in [0.717, 1.165) is 18.4 Å². The van der Waals surface area contributed by atoms with Crippen LogP contribution in [0.15, 0.2) is 43.0 Å². The molecule has 1 aliphatic rings. The molecule has 100 valence electrons. The van der Waals surface area contributed by atoms with Crippen LogP contribution in [0.5, 0.6) is 0 Å². The molecule has 0 radical (unpaired) electrons. The fraction of sp³-hybridized carbons (Fsp3) is 0.267. The fourth-order valence-electron chi connectivity index (χ4n) is 2.35. The van der Waals surface area contributed by atoms with Crippen LogP contribution in [0.4, 0.5) is 0 Å². The normalized spacial score (nSPS) is 15.3. The van der Waals surface area contributed by atoms with Crippen molar-refractivity contribution in [3.8, 4) is 6.07 Å². The van der Waals surface area contributed by atoms with E-state index in [-0.39, 0.29) is 18.0 Å². The molecule has 0 atom stereocenters. The van der Waals surface area contributed by atoms with E-state index >= 15 is 0 Å². The van der Waals surface area contributed by atoms with Crippen LogP contribution in [-0.4, -0.2) is 15.5 Å². The van der Waals surface area contributed by atoms with Crippen molar-refractivity contribution in [3.63, 3.8) is 0 Å². The molecule has 0 bridgehead atoms. The molecule has 0 saturated heterocycles. The predicted molar refractivity (Wildman–Crippen MR) is 72.4 cm³/mol. The second kappa shape index (κ2) is 4.82. The highest BCUT2D eigenvalue weighted by molar-refractivity contribution is 5.77. The van der Waals surface area contributed by atoms with Crippen LogP contribution in [0.25, 0.3) is 0 Å². The number of amides is 1. The summed E-state index contributed by atoms with van der Waals surface area (Å²) in [4.78, 5) is 16.0. The molecule has 20 heavy (non-hydrogen) atoms. The Bertz CT molecular complexity index is 665. The summed E-state index contributed by atoms with van der Waals surface area (Å²) in [6.07, 6.45) is 6.86. The lowest BCUT2D eigenvalue weighted by molar-refractivity contribution is -0.122. The summed E-state index contributed by atoms with van der Waals surface area (Å²) in [5, 5.41) is 12.0. The zero-order valence-corrected chi connectivity index (χ0v) is 10.9. The van der Waals surface area contributed by atoms with Crippen molar-refractivity contribution in [1.29, 1.82) is 5.26 Å². The molecule has 1 aliphatic carbocycles. The van der Waals surface area contributed by atoms with E-state index in [4.69, 9.17) is 5.26 Å². The average Bonchev–Trinajstić information content (AvgIpc) is 3.06. The van der Waals surface area contributed by atoms with E-state index in [1.807, 2.05) is 18.2 Å². The number of aromatic nitrogens is 2. The Balaban J connectivity index is 1.73. The lowest BCUT2D eigenvalue weighted by Crippen LogP contribution is -2.37. The van der Waals surface area contributed by atoms with Gasteiger partial charge >= 0.3 is 0 Å². The molecule has 5 heteroatoms. The van der Waals surface area contributed by atoms with Gasteiger partial charge in [-0.2, -0.15) is 5.26 Å². The molecule has 1 saturated carbocycles. The summed E-state index contributed by atoms with van der Waals surface area (Å²) < 4.78 is 1.73. The van der Waals surface area contributed by atoms with Crippen molar-refractivity contribution in [3.05, 3.63) is 54.1 Å². The second-order valence-corrected chi connectivity index (χ2v) is 5.06. The van der Waals surface area contributed by atoms with Gasteiger partial charge in [-0.3, -0.25) is 4.79 Å². The van der Waals surface area contributed by atoms with Gasteiger partial charge in [0.2, 0.25) is 5.91 Å². The Labute approximate surface area is 116 Å². The number of rotatable bonds is 4. The Kier molecular flexibility index (Phi) is 2.99. The van der Waals surface area contributed by atoms with Crippen LogP contribution < -0.4 is 5.32 Å². The maximum atomic E-state index is 12.1. The van der Waals surface area contributed by atoms with Crippen molar-refractivity contribution < 1.29 is 4.79 Å². The zero-order chi connectivity index (χ0) is 14.0. The first kappa shape index (κ1) is 12.4. The van der Waals surface area contributed by atoms with Crippen molar-refractivity contribution >= 4 is 5.91 Å². The molecule has 0 aliphatic heterocycles. The van der Waals surface area contributed by atoms with Crippen molar-refractivity contribution in [2.45, 2.75) is 24.9 Å². The maximum Gasteiger partial charge on any atom is 0.240 e. The minimum absolute atomic E-state index is 0.0390. The molecule has 0 spiro atoms. The second-order valence-electron chi connectivity index (χ2n) is 5.06. The molecule has 1 fully saturated rings. The highest BCUT2D eigenvalue weighted by Gasteiger charge is 2.45. The largest absolute Gasteiger partial charge is 0.345 e. The van der Waals surface area contributed by atoms with Crippen molar-refractivity contribution in [1.82, 2.24) is 14.9 Å². The molecule has 5 nitrogen and oxygen atoms in total. The number of hydrogen-bond acceptors (Lipinski definition) is 3. The Morgan fingerprint density at radius 1 is 1.50 bits per heavy atom. The van der Waals surface area contributed by atoms with Gasteiger partial charge in [-0.15, -0.1) is 0 Å². The highest BCUT2D eigenvalue weighted by Crippen LogP contribution is 2.45. The van der Waals surface area contributed by atoms with Crippen LogP contribution in [0.3, 0.4) is 0 Å². The molecule has 1 aromatic heterocycles. The monoisotopic (exact) mass is 266 g/mol. The van der Waals surface area contributed by atoms with Crippen LogP contribution in [-0.2, 0) is 16.9 Å². The number of nitriles is 1. The van der Waals surface area contributed by atoms with Gasteiger partial charge in [0, 0.05) is 12.4 Å². The average molecular weight is 266 g/mol. The molecule has 3 rings (SSSR count). The number of imidazole rings is 1. The van der Waals surface area contributed by atoms with Gasteiger partial charge in [0.05, 0.1) is 23.5 Å². The van der Waals surface area contributed by atoms with Crippen molar-refractivity contribution in [2.24, 2.45) is 0 Å².